The smallest absolute Gasteiger partial charge is 0.264 e. The Bertz CT molecular complexity index is 307. The largest absolute Gasteiger partial charge is 0.558 e. The van der Waals surface area contributed by atoms with Gasteiger partial charge < -0.3 is 0 Å². The molecule has 0 radical (unpaired) electrons. The summed E-state index contributed by atoms with van der Waals surface area (Å²) in [6, 6.07) is 7.67. The van der Waals surface area contributed by atoms with E-state index in [1.165, 1.54) is 12.1 Å². The Hall–Kier alpha value is -1.13. The molecule has 0 saturated carbocycles. The zero-order chi connectivity index (χ0) is 12.0. The monoisotopic (exact) mass is 238 g/mol. The zero-order valence-electron chi connectivity index (χ0n) is 7.68. The average Bonchev–Trinajstić information content (AvgIpc) is 2.24. The number of rotatable bonds is 5. The molecule has 1 aromatic rings. The Balaban J connectivity index is 2.45. The van der Waals surface area contributed by atoms with Gasteiger partial charge in [-0.1, -0.05) is 35.4 Å². The van der Waals surface area contributed by atoms with Gasteiger partial charge in [-0.15, -0.1) is 18.1 Å². The Labute approximate surface area is 88.2 Å². The van der Waals surface area contributed by atoms with Crippen LogP contribution < -0.4 is 5.46 Å². The van der Waals surface area contributed by atoms with E-state index in [2.05, 4.69) is 19.5 Å². The van der Waals surface area contributed by atoms with Crippen LogP contribution in [0.1, 0.15) is 0 Å². The molecule has 0 aliphatic rings. The molecule has 0 atom stereocenters. The fourth-order valence-electron chi connectivity index (χ4n) is 0.838. The highest BCUT2D eigenvalue weighted by molar-refractivity contribution is 6.60. The van der Waals surface area contributed by atoms with Crippen molar-refractivity contribution in [3.8, 4) is 0 Å². The van der Waals surface area contributed by atoms with Crippen molar-refractivity contribution in [3.63, 3.8) is 0 Å². The van der Waals surface area contributed by atoms with Crippen LogP contribution in [0.4, 0.5) is 13.2 Å². The molecule has 0 saturated heterocycles. The quantitative estimate of drug-likeness (QED) is 0.475. The predicted octanol–water partition coefficient (Wildman–Crippen LogP) is 1.27. The molecule has 0 spiro atoms. The zero-order valence-corrected chi connectivity index (χ0v) is 7.68. The molecule has 0 aliphatic heterocycles. The van der Waals surface area contributed by atoms with Gasteiger partial charge in [0.2, 0.25) is 0 Å². The highest BCUT2D eigenvalue weighted by atomic mass is 19.4. The molecular formula is C7H6BF3O5. The number of hydrogen-bond donors (Lipinski definition) is 1. The van der Waals surface area contributed by atoms with Gasteiger partial charge in [-0.2, -0.15) is 0 Å². The standard InChI is InChI=1S/C7H6BF3O5/c9-7(10,11)13-16-15-8(14-12)6-4-2-1-3-5-6/h1-5,12H. The fourth-order valence-corrected chi connectivity index (χ4v) is 0.838. The second-order valence-corrected chi connectivity index (χ2v) is 2.54. The van der Waals surface area contributed by atoms with Crippen molar-refractivity contribution < 1.29 is 38.0 Å². The Morgan fingerprint density at radius 1 is 1.12 bits per heavy atom. The van der Waals surface area contributed by atoms with E-state index in [4.69, 9.17) is 5.26 Å². The minimum Gasteiger partial charge on any atom is -0.264 e. The second-order valence-electron chi connectivity index (χ2n) is 2.54. The van der Waals surface area contributed by atoms with Crippen molar-refractivity contribution in [2.75, 3.05) is 0 Å². The summed E-state index contributed by atoms with van der Waals surface area (Å²) in [6.07, 6.45) is -5.00. The maximum Gasteiger partial charge on any atom is 0.558 e. The van der Waals surface area contributed by atoms with Crippen LogP contribution in [0.25, 0.3) is 0 Å². The molecule has 0 amide bonds. The molecule has 1 aromatic carbocycles. The molecular weight excluding hydrogens is 232 g/mol. The summed E-state index contributed by atoms with van der Waals surface area (Å²) in [7, 11) is -1.54. The SMILES string of the molecule is OOB(OOOC(F)(F)F)c1ccccc1. The predicted molar refractivity (Wildman–Crippen MR) is 44.9 cm³/mol. The first kappa shape index (κ1) is 12.9. The third kappa shape index (κ3) is 4.60. The van der Waals surface area contributed by atoms with Gasteiger partial charge in [0.15, 0.2) is 0 Å². The van der Waals surface area contributed by atoms with E-state index in [0.717, 1.165) is 0 Å². The molecule has 0 unspecified atom stereocenters. The van der Waals surface area contributed by atoms with E-state index < -0.39 is 13.5 Å². The van der Waals surface area contributed by atoms with Gasteiger partial charge in [-0.3, -0.25) is 10.1 Å². The van der Waals surface area contributed by atoms with Crippen molar-refractivity contribution in [1.29, 1.82) is 0 Å². The number of hydrogen-bond acceptors (Lipinski definition) is 5. The third-order valence-corrected chi connectivity index (χ3v) is 1.42. The van der Waals surface area contributed by atoms with Crippen LogP contribution in [0.15, 0.2) is 30.3 Å². The van der Waals surface area contributed by atoms with Crippen LogP contribution in [-0.2, 0) is 19.5 Å². The van der Waals surface area contributed by atoms with Crippen LogP contribution in [0, 0.1) is 0 Å². The minimum atomic E-state index is -5.00. The topological polar surface area (TPSA) is 57.2 Å². The highest BCUT2D eigenvalue weighted by Crippen LogP contribution is 2.16. The Kier molecular flexibility index (Phi) is 4.71. The number of alkyl halides is 3. The maximum absolute atomic E-state index is 11.5. The van der Waals surface area contributed by atoms with E-state index >= 15 is 0 Å². The second kappa shape index (κ2) is 5.82. The molecule has 0 aliphatic carbocycles. The van der Waals surface area contributed by atoms with Crippen molar-refractivity contribution in [3.05, 3.63) is 30.3 Å². The first-order valence-corrected chi connectivity index (χ1v) is 3.96. The van der Waals surface area contributed by atoms with Crippen molar-refractivity contribution in [1.82, 2.24) is 0 Å². The van der Waals surface area contributed by atoms with E-state index in [0.29, 0.717) is 0 Å². The van der Waals surface area contributed by atoms with E-state index in [9.17, 15) is 13.2 Å². The number of halogens is 3. The lowest BCUT2D eigenvalue weighted by Crippen LogP contribution is -2.36. The fraction of sp³-hybridized carbons (Fsp3) is 0.143. The van der Waals surface area contributed by atoms with Crippen LogP contribution in [-0.4, -0.2) is 18.7 Å². The summed E-state index contributed by atoms with van der Waals surface area (Å²) < 4.78 is 34.4. The Morgan fingerprint density at radius 2 is 1.75 bits per heavy atom. The van der Waals surface area contributed by atoms with E-state index in [-0.39, 0.29) is 5.46 Å². The summed E-state index contributed by atoms with van der Waals surface area (Å²) in [5, 5.41) is 11.8. The lowest BCUT2D eigenvalue weighted by Gasteiger charge is -2.09. The molecule has 5 nitrogen and oxygen atoms in total. The third-order valence-electron chi connectivity index (χ3n) is 1.42. The average molecular weight is 238 g/mol. The molecule has 1 rings (SSSR count). The van der Waals surface area contributed by atoms with Gasteiger partial charge in [-0.25, -0.2) is 4.81 Å². The summed E-state index contributed by atoms with van der Waals surface area (Å²) in [5.74, 6) is 0. The summed E-state index contributed by atoms with van der Waals surface area (Å²) in [5.41, 5.74) is 0.246. The van der Waals surface area contributed by atoms with Gasteiger partial charge in [-0.05, 0) is 5.46 Å². The molecule has 1 N–H and O–H groups in total. The molecule has 0 bridgehead atoms. The van der Waals surface area contributed by atoms with Gasteiger partial charge in [0.05, 0.1) is 0 Å². The van der Waals surface area contributed by atoms with Crippen molar-refractivity contribution in [2.24, 2.45) is 0 Å². The minimum absolute atomic E-state index is 0.246. The van der Waals surface area contributed by atoms with Gasteiger partial charge in [0.1, 0.15) is 0 Å². The maximum atomic E-state index is 11.5. The summed E-state index contributed by atoms with van der Waals surface area (Å²) in [6.45, 7) is 0. The molecule has 0 aromatic heterocycles. The highest BCUT2D eigenvalue weighted by Gasteiger charge is 2.33. The molecule has 0 heterocycles. The van der Waals surface area contributed by atoms with Crippen LogP contribution in [0.5, 0.6) is 0 Å². The van der Waals surface area contributed by atoms with E-state index in [1.807, 2.05) is 0 Å². The normalized spacial score (nSPS) is 11.5. The summed E-state index contributed by atoms with van der Waals surface area (Å²) in [4.78, 5) is 10.7. The number of benzene rings is 1. The van der Waals surface area contributed by atoms with Gasteiger partial charge in [0, 0.05) is 0 Å². The lowest BCUT2D eigenvalue weighted by molar-refractivity contribution is -0.580. The van der Waals surface area contributed by atoms with Crippen molar-refractivity contribution >= 4 is 12.6 Å². The molecule has 0 fully saturated rings. The first-order valence-electron chi connectivity index (χ1n) is 3.96. The molecule has 16 heavy (non-hydrogen) atoms. The van der Waals surface area contributed by atoms with E-state index in [1.54, 1.807) is 18.2 Å². The summed E-state index contributed by atoms with van der Waals surface area (Å²) >= 11 is 0. The molecule has 88 valence electrons. The Morgan fingerprint density at radius 3 is 2.25 bits per heavy atom. The van der Waals surface area contributed by atoms with Crippen LogP contribution in [0.2, 0.25) is 0 Å². The molecule has 9 heteroatoms. The lowest BCUT2D eigenvalue weighted by atomic mass is 9.80. The van der Waals surface area contributed by atoms with Crippen LogP contribution >= 0.6 is 0 Å². The van der Waals surface area contributed by atoms with Crippen LogP contribution in [0.3, 0.4) is 0 Å². The first-order chi connectivity index (χ1) is 7.53. The van der Waals surface area contributed by atoms with Gasteiger partial charge >= 0.3 is 13.5 Å². The van der Waals surface area contributed by atoms with Crippen molar-refractivity contribution in [2.45, 2.75) is 6.36 Å². The van der Waals surface area contributed by atoms with Gasteiger partial charge in [0.25, 0.3) is 0 Å².